The lowest BCUT2D eigenvalue weighted by Crippen LogP contribution is -2.00. The Morgan fingerprint density at radius 1 is 1.05 bits per heavy atom. The van der Waals surface area contributed by atoms with Crippen LogP contribution in [0.3, 0.4) is 0 Å². The molecule has 0 spiro atoms. The second kappa shape index (κ2) is 5.55. The molecule has 0 aliphatic rings. The maximum Gasteiger partial charge on any atom is 0.163 e. The predicted molar refractivity (Wildman–Crippen MR) is 87.5 cm³/mol. The Labute approximate surface area is 132 Å². The van der Waals surface area contributed by atoms with E-state index in [9.17, 15) is 4.79 Å². The fourth-order valence-corrected chi connectivity index (χ4v) is 3.05. The van der Waals surface area contributed by atoms with Gasteiger partial charge in [0.05, 0.1) is 11.1 Å². The van der Waals surface area contributed by atoms with E-state index in [2.05, 4.69) is 0 Å². The van der Waals surface area contributed by atoms with Crippen LogP contribution in [-0.2, 0) is 6.54 Å². The number of hydrogen-bond acceptors (Lipinski definition) is 1. The van der Waals surface area contributed by atoms with Gasteiger partial charge in [-0.3, -0.25) is 4.79 Å². The molecule has 0 amide bonds. The summed E-state index contributed by atoms with van der Waals surface area (Å²) in [4.78, 5) is 11.9. The van der Waals surface area contributed by atoms with Gasteiger partial charge in [-0.2, -0.15) is 0 Å². The average Bonchev–Trinajstić information content (AvgIpc) is 2.74. The van der Waals surface area contributed by atoms with Crippen LogP contribution in [0.15, 0.2) is 48.5 Å². The van der Waals surface area contributed by atoms with Crippen molar-refractivity contribution in [2.24, 2.45) is 0 Å². The lowest BCUT2D eigenvalue weighted by molar-refractivity contribution is 0.101. The number of carbonyl (C=O) groups excluding carboxylic acids is 1. The quantitative estimate of drug-likeness (QED) is 0.608. The second-order valence-corrected chi connectivity index (χ2v) is 5.75. The first-order valence-electron chi connectivity index (χ1n) is 6.60. The minimum absolute atomic E-state index is 0.0222. The van der Waals surface area contributed by atoms with E-state index in [1.54, 1.807) is 6.92 Å². The maximum absolute atomic E-state index is 11.9. The molecule has 0 unspecified atom stereocenters. The zero-order chi connectivity index (χ0) is 15.0. The highest BCUT2D eigenvalue weighted by Gasteiger charge is 2.18. The summed E-state index contributed by atoms with van der Waals surface area (Å²) in [7, 11) is 0. The lowest BCUT2D eigenvalue weighted by Gasteiger charge is -2.07. The number of hydrogen-bond donors (Lipinski definition) is 0. The normalized spacial score (nSPS) is 11.0. The molecule has 106 valence electrons. The van der Waals surface area contributed by atoms with Crippen molar-refractivity contribution >= 4 is 39.9 Å². The fourth-order valence-electron chi connectivity index (χ4n) is 2.53. The van der Waals surface area contributed by atoms with Gasteiger partial charge >= 0.3 is 0 Å². The van der Waals surface area contributed by atoms with Crippen LogP contribution in [-0.4, -0.2) is 10.4 Å². The number of benzene rings is 2. The number of para-hydroxylation sites is 1. The van der Waals surface area contributed by atoms with E-state index >= 15 is 0 Å². The summed E-state index contributed by atoms with van der Waals surface area (Å²) in [5, 5.41) is 2.08. The third kappa shape index (κ3) is 2.57. The van der Waals surface area contributed by atoms with E-state index in [1.165, 1.54) is 0 Å². The number of aromatic nitrogens is 1. The van der Waals surface area contributed by atoms with Crippen LogP contribution in [0.25, 0.3) is 10.9 Å². The number of ketones is 1. The van der Waals surface area contributed by atoms with Gasteiger partial charge in [0.15, 0.2) is 5.78 Å². The van der Waals surface area contributed by atoms with Crippen molar-refractivity contribution in [2.75, 3.05) is 0 Å². The third-order valence-corrected chi connectivity index (χ3v) is 4.16. The maximum atomic E-state index is 11.9. The van der Waals surface area contributed by atoms with Crippen molar-refractivity contribution in [3.05, 3.63) is 69.8 Å². The summed E-state index contributed by atoms with van der Waals surface area (Å²) < 4.78 is 1.96. The van der Waals surface area contributed by atoms with Crippen molar-refractivity contribution in [3.8, 4) is 0 Å². The number of carbonyl (C=O) groups is 1. The molecule has 0 radical (unpaired) electrons. The molecule has 0 atom stereocenters. The Morgan fingerprint density at radius 3 is 2.38 bits per heavy atom. The van der Waals surface area contributed by atoms with Crippen LogP contribution in [0.5, 0.6) is 0 Å². The molecule has 3 aromatic rings. The van der Waals surface area contributed by atoms with Crippen molar-refractivity contribution in [1.29, 1.82) is 0 Å². The van der Waals surface area contributed by atoms with Crippen LogP contribution in [0.1, 0.15) is 22.8 Å². The molecule has 0 fully saturated rings. The van der Waals surface area contributed by atoms with Crippen LogP contribution in [0, 0.1) is 0 Å². The fraction of sp³-hybridized carbons (Fsp3) is 0.118. The Kier molecular flexibility index (Phi) is 3.75. The van der Waals surface area contributed by atoms with Crippen molar-refractivity contribution < 1.29 is 4.79 Å². The van der Waals surface area contributed by atoms with Gasteiger partial charge in [-0.25, -0.2) is 0 Å². The number of fused-ring (bicyclic) bond motifs is 1. The smallest absolute Gasteiger partial charge is 0.163 e. The Bertz CT molecular complexity index is 819. The number of rotatable bonds is 3. The molecular formula is C17H13Cl2NO. The van der Waals surface area contributed by atoms with Crippen molar-refractivity contribution in [2.45, 2.75) is 13.5 Å². The topological polar surface area (TPSA) is 22.0 Å². The molecule has 21 heavy (non-hydrogen) atoms. The van der Waals surface area contributed by atoms with E-state index in [1.807, 2.05) is 53.1 Å². The number of halogens is 2. The number of nitrogens with zero attached hydrogens (tertiary/aromatic N) is 1. The van der Waals surface area contributed by atoms with Gasteiger partial charge in [0, 0.05) is 17.0 Å². The summed E-state index contributed by atoms with van der Waals surface area (Å²) in [6.07, 6.45) is 0. The van der Waals surface area contributed by atoms with E-state index in [0.29, 0.717) is 22.3 Å². The van der Waals surface area contributed by atoms with Gasteiger partial charge in [-0.1, -0.05) is 53.5 Å². The molecule has 2 nitrogen and oxygen atoms in total. The predicted octanol–water partition coefficient (Wildman–Crippen LogP) is 5.20. The molecule has 2 aromatic carbocycles. The SMILES string of the molecule is CC(=O)c1c(Cl)n(Cc2ccc(Cl)cc2)c2ccccc12. The van der Waals surface area contributed by atoms with Gasteiger partial charge < -0.3 is 4.57 Å². The van der Waals surface area contributed by atoms with Gasteiger partial charge in [-0.15, -0.1) is 0 Å². The van der Waals surface area contributed by atoms with E-state index < -0.39 is 0 Å². The summed E-state index contributed by atoms with van der Waals surface area (Å²) in [6.45, 7) is 2.14. The molecule has 0 bridgehead atoms. The molecule has 0 saturated carbocycles. The molecule has 0 aliphatic heterocycles. The first-order chi connectivity index (χ1) is 10.1. The largest absolute Gasteiger partial charge is 0.327 e. The van der Waals surface area contributed by atoms with Gasteiger partial charge in [0.25, 0.3) is 0 Å². The third-order valence-electron chi connectivity index (χ3n) is 3.51. The zero-order valence-electron chi connectivity index (χ0n) is 11.4. The van der Waals surface area contributed by atoms with E-state index in [4.69, 9.17) is 23.2 Å². The molecule has 0 aliphatic carbocycles. The summed E-state index contributed by atoms with van der Waals surface area (Å²) in [5.41, 5.74) is 2.63. The van der Waals surface area contributed by atoms with E-state index in [0.717, 1.165) is 16.5 Å². The van der Waals surface area contributed by atoms with Gasteiger partial charge in [0.1, 0.15) is 5.15 Å². The van der Waals surface area contributed by atoms with Crippen molar-refractivity contribution in [3.63, 3.8) is 0 Å². The standard InChI is InChI=1S/C17H13Cl2NO/c1-11(21)16-14-4-2-3-5-15(14)20(17(16)19)10-12-6-8-13(18)9-7-12/h2-9H,10H2,1H3. The first kappa shape index (κ1) is 14.2. The summed E-state index contributed by atoms with van der Waals surface area (Å²) >= 11 is 12.4. The minimum atomic E-state index is -0.0222. The van der Waals surface area contributed by atoms with Gasteiger partial charge in [0.2, 0.25) is 0 Å². The second-order valence-electron chi connectivity index (χ2n) is 4.95. The van der Waals surface area contributed by atoms with Crippen LogP contribution in [0.4, 0.5) is 0 Å². The molecular weight excluding hydrogens is 305 g/mol. The molecule has 1 heterocycles. The van der Waals surface area contributed by atoms with Crippen LogP contribution >= 0.6 is 23.2 Å². The summed E-state index contributed by atoms with van der Waals surface area (Å²) in [6, 6.07) is 15.4. The molecule has 1 aromatic heterocycles. The number of Topliss-reactive ketones (excluding diaryl/α,β-unsaturated/α-hetero) is 1. The first-order valence-corrected chi connectivity index (χ1v) is 7.35. The molecule has 3 rings (SSSR count). The minimum Gasteiger partial charge on any atom is -0.327 e. The average molecular weight is 318 g/mol. The monoisotopic (exact) mass is 317 g/mol. The molecule has 0 N–H and O–H groups in total. The Hall–Kier alpha value is -1.77. The van der Waals surface area contributed by atoms with Crippen LogP contribution < -0.4 is 0 Å². The highest BCUT2D eigenvalue weighted by molar-refractivity contribution is 6.35. The molecule has 0 saturated heterocycles. The summed E-state index contributed by atoms with van der Waals surface area (Å²) in [5.74, 6) is -0.0222. The molecule has 4 heteroatoms. The highest BCUT2D eigenvalue weighted by atomic mass is 35.5. The highest BCUT2D eigenvalue weighted by Crippen LogP contribution is 2.31. The Balaban J connectivity index is 2.16. The van der Waals surface area contributed by atoms with Crippen LogP contribution in [0.2, 0.25) is 10.2 Å². The van der Waals surface area contributed by atoms with E-state index in [-0.39, 0.29) is 5.78 Å². The van der Waals surface area contributed by atoms with Gasteiger partial charge in [-0.05, 0) is 30.7 Å². The lowest BCUT2D eigenvalue weighted by atomic mass is 10.1. The van der Waals surface area contributed by atoms with Crippen molar-refractivity contribution in [1.82, 2.24) is 4.57 Å². The zero-order valence-corrected chi connectivity index (χ0v) is 12.9. The Morgan fingerprint density at radius 2 is 1.71 bits per heavy atom.